The highest BCUT2D eigenvalue weighted by molar-refractivity contribution is 5.77. The van der Waals surface area contributed by atoms with Crippen molar-refractivity contribution in [2.45, 2.75) is 45.2 Å². The van der Waals surface area contributed by atoms with Crippen LogP contribution in [0, 0.1) is 12.3 Å². The summed E-state index contributed by atoms with van der Waals surface area (Å²) >= 11 is 0. The van der Waals surface area contributed by atoms with Gasteiger partial charge in [0.1, 0.15) is 0 Å². The molecule has 12 heavy (non-hydrogen) atoms. The van der Waals surface area contributed by atoms with E-state index in [1.54, 1.807) is 0 Å². The quantitative estimate of drug-likeness (QED) is 0.538. The molecule has 0 aromatic heterocycles. The predicted octanol–water partition coefficient (Wildman–Crippen LogP) is 1.41. The molecule has 0 spiro atoms. The fourth-order valence-electron chi connectivity index (χ4n) is 1.75. The first-order valence-electron chi connectivity index (χ1n) is 4.48. The number of amides is 1. The van der Waals surface area contributed by atoms with Gasteiger partial charge in [0.05, 0.1) is 6.04 Å². The summed E-state index contributed by atoms with van der Waals surface area (Å²) in [4.78, 5) is 13.3. The molecule has 2 nitrogen and oxygen atoms in total. The molecular formula is C10H15NO. The number of hydrogen-bond acceptors (Lipinski definition) is 1. The van der Waals surface area contributed by atoms with E-state index in [-0.39, 0.29) is 11.9 Å². The van der Waals surface area contributed by atoms with Crippen molar-refractivity contribution in [3.8, 4) is 12.3 Å². The summed E-state index contributed by atoms with van der Waals surface area (Å²) in [6.45, 7) is 3.94. The van der Waals surface area contributed by atoms with Crippen LogP contribution in [0.5, 0.6) is 0 Å². The standard InChI is InChI=1S/C10H15NO/c1-4-9-7-6-8(3)11(9)10(12)5-2/h1,8-9H,5-7H2,2-3H3/t8-,9+/m1/s1. The molecule has 0 unspecified atom stereocenters. The third-order valence-corrected chi connectivity index (χ3v) is 2.45. The Kier molecular flexibility index (Phi) is 2.75. The van der Waals surface area contributed by atoms with Crippen molar-refractivity contribution in [3.05, 3.63) is 0 Å². The van der Waals surface area contributed by atoms with E-state index in [2.05, 4.69) is 12.8 Å². The Hall–Kier alpha value is -0.970. The van der Waals surface area contributed by atoms with Crippen molar-refractivity contribution in [1.82, 2.24) is 4.90 Å². The first-order valence-corrected chi connectivity index (χ1v) is 4.48. The Morgan fingerprint density at radius 1 is 1.67 bits per heavy atom. The molecule has 1 amide bonds. The van der Waals surface area contributed by atoms with E-state index >= 15 is 0 Å². The summed E-state index contributed by atoms with van der Waals surface area (Å²) < 4.78 is 0. The van der Waals surface area contributed by atoms with Crippen molar-refractivity contribution < 1.29 is 4.79 Å². The van der Waals surface area contributed by atoms with Gasteiger partial charge in [-0.1, -0.05) is 12.8 Å². The van der Waals surface area contributed by atoms with E-state index in [1.165, 1.54) is 0 Å². The SMILES string of the molecule is C#C[C@H]1CC[C@@H](C)N1C(=O)CC. The first kappa shape index (κ1) is 9.12. The zero-order valence-corrected chi connectivity index (χ0v) is 7.71. The van der Waals surface area contributed by atoms with E-state index in [0.29, 0.717) is 12.5 Å². The molecule has 1 aliphatic rings. The second-order valence-corrected chi connectivity index (χ2v) is 3.26. The van der Waals surface area contributed by atoms with Gasteiger partial charge in [0.15, 0.2) is 0 Å². The van der Waals surface area contributed by atoms with Crippen molar-refractivity contribution in [3.63, 3.8) is 0 Å². The lowest BCUT2D eigenvalue weighted by Crippen LogP contribution is -2.38. The predicted molar refractivity (Wildman–Crippen MR) is 48.5 cm³/mol. The monoisotopic (exact) mass is 165 g/mol. The van der Waals surface area contributed by atoms with E-state index < -0.39 is 0 Å². The summed E-state index contributed by atoms with van der Waals surface area (Å²) in [5.74, 6) is 2.85. The van der Waals surface area contributed by atoms with Crippen LogP contribution in [0.2, 0.25) is 0 Å². The molecule has 0 radical (unpaired) electrons. The molecule has 0 aromatic carbocycles. The van der Waals surface area contributed by atoms with E-state index in [1.807, 2.05) is 11.8 Å². The van der Waals surface area contributed by atoms with Gasteiger partial charge in [-0.25, -0.2) is 0 Å². The van der Waals surface area contributed by atoms with Crippen LogP contribution < -0.4 is 0 Å². The minimum Gasteiger partial charge on any atom is -0.326 e. The van der Waals surface area contributed by atoms with Crippen LogP contribution in [0.3, 0.4) is 0 Å². The maximum absolute atomic E-state index is 11.4. The van der Waals surface area contributed by atoms with Gasteiger partial charge in [0.25, 0.3) is 0 Å². The lowest BCUT2D eigenvalue weighted by Gasteiger charge is -2.24. The Balaban J connectivity index is 2.71. The van der Waals surface area contributed by atoms with Crippen molar-refractivity contribution in [1.29, 1.82) is 0 Å². The van der Waals surface area contributed by atoms with Crippen molar-refractivity contribution in [2.75, 3.05) is 0 Å². The highest BCUT2D eigenvalue weighted by Crippen LogP contribution is 2.23. The van der Waals surface area contributed by atoms with Crippen LogP contribution in [0.4, 0.5) is 0 Å². The maximum atomic E-state index is 11.4. The minimum absolute atomic E-state index is 0.0486. The van der Waals surface area contributed by atoms with Crippen LogP contribution in [0.1, 0.15) is 33.1 Å². The molecule has 2 atom stereocenters. The van der Waals surface area contributed by atoms with Crippen molar-refractivity contribution in [2.24, 2.45) is 0 Å². The number of terminal acetylenes is 1. The molecule has 1 fully saturated rings. The molecule has 1 saturated heterocycles. The van der Waals surface area contributed by atoms with Gasteiger partial charge < -0.3 is 4.90 Å². The molecule has 0 bridgehead atoms. The lowest BCUT2D eigenvalue weighted by molar-refractivity contribution is -0.132. The van der Waals surface area contributed by atoms with Crippen molar-refractivity contribution >= 4 is 5.91 Å². The number of carbonyl (C=O) groups is 1. The molecular weight excluding hydrogens is 150 g/mol. The average molecular weight is 165 g/mol. The van der Waals surface area contributed by atoms with Gasteiger partial charge in [0, 0.05) is 12.5 Å². The largest absolute Gasteiger partial charge is 0.326 e. The molecule has 0 N–H and O–H groups in total. The van der Waals surface area contributed by atoms with Crippen LogP contribution in [-0.4, -0.2) is 22.9 Å². The van der Waals surface area contributed by atoms with Crippen LogP contribution in [-0.2, 0) is 4.79 Å². The molecule has 0 aromatic rings. The molecule has 1 heterocycles. The molecule has 66 valence electrons. The van der Waals surface area contributed by atoms with Gasteiger partial charge in [-0.15, -0.1) is 6.42 Å². The van der Waals surface area contributed by atoms with Gasteiger partial charge in [0.2, 0.25) is 5.91 Å². The smallest absolute Gasteiger partial charge is 0.223 e. The first-order chi connectivity index (χ1) is 5.70. The zero-order valence-electron chi connectivity index (χ0n) is 7.71. The number of rotatable bonds is 1. The summed E-state index contributed by atoms with van der Waals surface area (Å²) in [6, 6.07) is 0.381. The summed E-state index contributed by atoms with van der Waals surface area (Å²) in [5.41, 5.74) is 0. The Labute approximate surface area is 73.9 Å². The number of carbonyl (C=O) groups excluding carboxylic acids is 1. The maximum Gasteiger partial charge on any atom is 0.223 e. The van der Waals surface area contributed by atoms with Crippen LogP contribution >= 0.6 is 0 Å². The average Bonchev–Trinajstić information content (AvgIpc) is 2.45. The minimum atomic E-state index is 0.0486. The van der Waals surface area contributed by atoms with Gasteiger partial charge in [-0.3, -0.25) is 4.79 Å². The van der Waals surface area contributed by atoms with Gasteiger partial charge in [-0.05, 0) is 19.8 Å². The highest BCUT2D eigenvalue weighted by Gasteiger charge is 2.31. The summed E-state index contributed by atoms with van der Waals surface area (Å²) in [6.07, 6.45) is 7.90. The van der Waals surface area contributed by atoms with Crippen LogP contribution in [0.15, 0.2) is 0 Å². The fourth-order valence-corrected chi connectivity index (χ4v) is 1.75. The van der Waals surface area contributed by atoms with Gasteiger partial charge >= 0.3 is 0 Å². The van der Waals surface area contributed by atoms with E-state index in [4.69, 9.17) is 6.42 Å². The normalized spacial score (nSPS) is 28.6. The van der Waals surface area contributed by atoms with Gasteiger partial charge in [-0.2, -0.15) is 0 Å². The fraction of sp³-hybridized carbons (Fsp3) is 0.700. The topological polar surface area (TPSA) is 20.3 Å². The molecule has 0 saturated carbocycles. The lowest BCUT2D eigenvalue weighted by atomic mass is 10.2. The second-order valence-electron chi connectivity index (χ2n) is 3.26. The summed E-state index contributed by atoms with van der Waals surface area (Å²) in [5, 5.41) is 0. The molecule has 0 aliphatic carbocycles. The number of hydrogen-bond donors (Lipinski definition) is 0. The Morgan fingerprint density at radius 3 is 2.83 bits per heavy atom. The second kappa shape index (κ2) is 3.62. The zero-order chi connectivity index (χ0) is 9.14. The molecule has 2 heteroatoms. The highest BCUT2D eigenvalue weighted by atomic mass is 16.2. The number of nitrogens with zero attached hydrogens (tertiary/aromatic N) is 1. The third kappa shape index (κ3) is 1.45. The van der Waals surface area contributed by atoms with E-state index in [0.717, 1.165) is 12.8 Å². The number of likely N-dealkylation sites (tertiary alicyclic amines) is 1. The Morgan fingerprint density at radius 2 is 2.33 bits per heavy atom. The molecule has 1 rings (SSSR count). The van der Waals surface area contributed by atoms with Crippen LogP contribution in [0.25, 0.3) is 0 Å². The molecule has 1 aliphatic heterocycles. The summed E-state index contributed by atoms with van der Waals surface area (Å²) in [7, 11) is 0. The third-order valence-electron chi connectivity index (χ3n) is 2.45. The van der Waals surface area contributed by atoms with E-state index in [9.17, 15) is 4.79 Å². The Bertz CT molecular complexity index is 216.